The van der Waals surface area contributed by atoms with Crippen LogP contribution in [0.1, 0.15) is 19.4 Å². The fourth-order valence-electron chi connectivity index (χ4n) is 2.22. The Morgan fingerprint density at radius 2 is 2.16 bits per heavy atom. The van der Waals surface area contributed by atoms with E-state index in [0.717, 1.165) is 24.0 Å². The van der Waals surface area contributed by atoms with E-state index in [0.29, 0.717) is 6.61 Å². The third kappa shape index (κ3) is 3.15. The van der Waals surface area contributed by atoms with Crippen LogP contribution in [0, 0.1) is 0 Å². The molecule has 0 unspecified atom stereocenters. The second kappa shape index (κ2) is 6.38. The first-order valence-corrected chi connectivity index (χ1v) is 6.69. The van der Waals surface area contributed by atoms with Gasteiger partial charge in [0.05, 0.1) is 12.1 Å². The van der Waals surface area contributed by atoms with Crippen LogP contribution >= 0.6 is 0 Å². The minimum absolute atomic E-state index is 0.196. The second-order valence-corrected chi connectivity index (χ2v) is 4.38. The normalized spacial score (nSPS) is 10.8. The molecule has 0 radical (unpaired) electrons. The highest BCUT2D eigenvalue weighted by Crippen LogP contribution is 2.20. The first-order valence-electron chi connectivity index (χ1n) is 6.69. The van der Waals surface area contributed by atoms with Gasteiger partial charge in [-0.05, 0) is 30.5 Å². The summed E-state index contributed by atoms with van der Waals surface area (Å²) in [6, 6.07) is 8.23. The molecule has 2 rings (SSSR count). The van der Waals surface area contributed by atoms with Crippen LogP contribution in [-0.4, -0.2) is 23.7 Å². The van der Waals surface area contributed by atoms with Crippen molar-refractivity contribution in [1.29, 1.82) is 0 Å². The van der Waals surface area contributed by atoms with Crippen LogP contribution in [0.15, 0.2) is 30.5 Å². The molecule has 4 nitrogen and oxygen atoms in total. The molecule has 0 aliphatic heterocycles. The highest BCUT2D eigenvalue weighted by atomic mass is 16.5. The topological polar surface area (TPSA) is 43.3 Å². The van der Waals surface area contributed by atoms with E-state index in [1.54, 1.807) is 0 Å². The molecule has 1 heterocycles. The molecule has 0 atom stereocenters. The Morgan fingerprint density at radius 3 is 2.89 bits per heavy atom. The van der Waals surface area contributed by atoms with E-state index in [2.05, 4.69) is 24.4 Å². The van der Waals surface area contributed by atoms with Crippen molar-refractivity contribution < 1.29 is 9.53 Å². The zero-order chi connectivity index (χ0) is 13.7. The van der Waals surface area contributed by atoms with Crippen LogP contribution in [0.4, 0.5) is 0 Å². The zero-order valence-corrected chi connectivity index (χ0v) is 11.5. The van der Waals surface area contributed by atoms with Crippen LogP contribution in [0.3, 0.4) is 0 Å². The van der Waals surface area contributed by atoms with Crippen LogP contribution in [0.5, 0.6) is 0 Å². The number of hydrogen-bond acceptors (Lipinski definition) is 3. The van der Waals surface area contributed by atoms with Crippen LogP contribution in [-0.2, 0) is 22.6 Å². The Bertz CT molecular complexity index is 560. The lowest BCUT2D eigenvalue weighted by atomic mass is 10.1. The van der Waals surface area contributed by atoms with Gasteiger partial charge in [-0.25, -0.2) is 0 Å². The summed E-state index contributed by atoms with van der Waals surface area (Å²) in [6.07, 6.45) is 1.94. The highest BCUT2D eigenvalue weighted by Gasteiger charge is 2.09. The van der Waals surface area contributed by atoms with Crippen molar-refractivity contribution in [3.63, 3.8) is 0 Å². The number of nitrogens with one attached hydrogen (secondary N) is 1. The summed E-state index contributed by atoms with van der Waals surface area (Å²) >= 11 is 0. The van der Waals surface area contributed by atoms with E-state index in [-0.39, 0.29) is 12.5 Å². The first kappa shape index (κ1) is 13.6. The summed E-state index contributed by atoms with van der Waals surface area (Å²) < 4.78 is 6.97. The molecule has 2 aromatic rings. The van der Waals surface area contributed by atoms with Crippen molar-refractivity contribution in [3.05, 3.63) is 36.0 Å². The fraction of sp³-hybridized carbons (Fsp3) is 0.400. The largest absolute Gasteiger partial charge is 0.465 e. The number of hydrogen-bond donors (Lipinski definition) is 1. The predicted octanol–water partition coefficient (Wildman–Crippen LogP) is 2.31. The molecule has 0 aliphatic carbocycles. The number of benzene rings is 1. The Labute approximate surface area is 113 Å². The van der Waals surface area contributed by atoms with Gasteiger partial charge >= 0.3 is 5.97 Å². The van der Waals surface area contributed by atoms with Gasteiger partial charge in [0.15, 0.2) is 0 Å². The molecular formula is C15H20N2O2. The summed E-state index contributed by atoms with van der Waals surface area (Å²) in [4.78, 5) is 11.6. The third-order valence-corrected chi connectivity index (χ3v) is 3.04. The van der Waals surface area contributed by atoms with Gasteiger partial charge in [0.25, 0.3) is 0 Å². The monoisotopic (exact) mass is 260 g/mol. The average molecular weight is 260 g/mol. The number of para-hydroxylation sites is 1. The molecule has 19 heavy (non-hydrogen) atoms. The molecular weight excluding hydrogens is 240 g/mol. The lowest BCUT2D eigenvalue weighted by Gasteiger charge is -2.10. The summed E-state index contributed by atoms with van der Waals surface area (Å²) in [5.41, 5.74) is 2.31. The fourth-order valence-corrected chi connectivity index (χ4v) is 2.22. The quantitative estimate of drug-likeness (QED) is 0.811. The zero-order valence-electron chi connectivity index (χ0n) is 11.5. The lowest BCUT2D eigenvalue weighted by Crippen LogP contribution is -2.15. The van der Waals surface area contributed by atoms with Crippen molar-refractivity contribution in [2.75, 3.05) is 13.2 Å². The number of nitrogens with zero attached hydrogens (tertiary/aromatic N) is 1. The number of carbonyl (C=O) groups is 1. The maximum atomic E-state index is 11.6. The van der Waals surface area contributed by atoms with E-state index in [1.165, 1.54) is 5.56 Å². The van der Waals surface area contributed by atoms with E-state index in [9.17, 15) is 4.79 Å². The molecule has 0 saturated heterocycles. The molecule has 1 aromatic carbocycles. The van der Waals surface area contributed by atoms with E-state index in [4.69, 9.17) is 4.74 Å². The smallest absolute Gasteiger partial charge is 0.325 e. The standard InChI is InChI=1S/C15H20N2O2/c1-3-16-10-13-7-5-6-12-8-9-17(15(12)13)11-14(18)19-4-2/h5-9,16H,3-4,10-11H2,1-2H3. The maximum Gasteiger partial charge on any atom is 0.325 e. The van der Waals surface area contributed by atoms with Crippen LogP contribution in [0.25, 0.3) is 10.9 Å². The number of aromatic nitrogens is 1. The van der Waals surface area contributed by atoms with Crippen molar-refractivity contribution in [1.82, 2.24) is 9.88 Å². The third-order valence-electron chi connectivity index (χ3n) is 3.04. The van der Waals surface area contributed by atoms with Crippen molar-refractivity contribution in [3.8, 4) is 0 Å². The Morgan fingerprint density at radius 1 is 1.32 bits per heavy atom. The number of fused-ring (bicyclic) bond motifs is 1. The van der Waals surface area contributed by atoms with E-state index >= 15 is 0 Å². The molecule has 4 heteroatoms. The maximum absolute atomic E-state index is 11.6. The van der Waals surface area contributed by atoms with Gasteiger partial charge in [-0.1, -0.05) is 25.1 Å². The SMILES string of the molecule is CCNCc1cccc2ccn(CC(=O)OCC)c12. The van der Waals surface area contributed by atoms with Crippen LogP contribution < -0.4 is 5.32 Å². The van der Waals surface area contributed by atoms with Crippen molar-refractivity contribution >= 4 is 16.9 Å². The number of rotatable bonds is 6. The molecule has 0 saturated carbocycles. The van der Waals surface area contributed by atoms with Gasteiger partial charge in [-0.3, -0.25) is 4.79 Å². The van der Waals surface area contributed by atoms with E-state index < -0.39 is 0 Å². The number of esters is 1. The molecule has 102 valence electrons. The van der Waals surface area contributed by atoms with Gasteiger partial charge in [0, 0.05) is 12.7 Å². The van der Waals surface area contributed by atoms with Gasteiger partial charge in [0.2, 0.25) is 0 Å². The molecule has 0 bridgehead atoms. The van der Waals surface area contributed by atoms with Gasteiger partial charge in [0.1, 0.15) is 6.54 Å². The van der Waals surface area contributed by atoms with Crippen molar-refractivity contribution in [2.24, 2.45) is 0 Å². The molecule has 0 amide bonds. The minimum atomic E-state index is -0.196. The summed E-state index contributed by atoms with van der Waals surface area (Å²) in [5, 5.41) is 4.48. The first-order chi connectivity index (χ1) is 9.26. The molecule has 1 aromatic heterocycles. The highest BCUT2D eigenvalue weighted by molar-refractivity contribution is 5.85. The molecule has 0 fully saturated rings. The summed E-state index contributed by atoms with van der Waals surface area (Å²) in [7, 11) is 0. The molecule has 0 aliphatic rings. The Balaban J connectivity index is 2.30. The summed E-state index contributed by atoms with van der Waals surface area (Å²) in [5.74, 6) is -0.196. The molecule has 0 spiro atoms. The Kier molecular flexibility index (Phi) is 4.58. The second-order valence-electron chi connectivity index (χ2n) is 4.38. The number of carbonyl (C=O) groups excluding carboxylic acids is 1. The van der Waals surface area contributed by atoms with Gasteiger partial charge < -0.3 is 14.6 Å². The van der Waals surface area contributed by atoms with Crippen molar-refractivity contribution in [2.45, 2.75) is 26.9 Å². The Hall–Kier alpha value is -1.81. The van der Waals surface area contributed by atoms with E-state index in [1.807, 2.05) is 29.8 Å². The lowest BCUT2D eigenvalue weighted by molar-refractivity contribution is -0.143. The summed E-state index contributed by atoms with van der Waals surface area (Å²) in [6.45, 7) is 6.32. The minimum Gasteiger partial charge on any atom is -0.465 e. The van der Waals surface area contributed by atoms with Gasteiger partial charge in [-0.2, -0.15) is 0 Å². The van der Waals surface area contributed by atoms with Gasteiger partial charge in [-0.15, -0.1) is 0 Å². The number of ether oxygens (including phenoxy) is 1. The average Bonchev–Trinajstić information content (AvgIpc) is 2.80. The van der Waals surface area contributed by atoms with Crippen LogP contribution in [0.2, 0.25) is 0 Å². The predicted molar refractivity (Wildman–Crippen MR) is 76.0 cm³/mol. The molecule has 1 N–H and O–H groups in total.